The number of rotatable bonds is 5. The van der Waals surface area contributed by atoms with Crippen LogP contribution in [-0.2, 0) is 0 Å². The van der Waals surface area contributed by atoms with Crippen LogP contribution in [-0.4, -0.2) is 21.4 Å². The molecule has 21 heavy (non-hydrogen) atoms. The number of halogens is 2. The van der Waals surface area contributed by atoms with Gasteiger partial charge in [-0.3, -0.25) is 10.1 Å². The fraction of sp³-hybridized carbons (Fsp3) is 0.167. The fourth-order valence-corrected chi connectivity index (χ4v) is 2.09. The Bertz CT molecular complexity index is 684. The zero-order valence-electron chi connectivity index (χ0n) is 10.8. The van der Waals surface area contributed by atoms with Gasteiger partial charge < -0.3 is 10.1 Å². The molecular weight excluding hydrogens is 364 g/mol. The molecule has 0 spiro atoms. The van der Waals surface area contributed by atoms with Gasteiger partial charge in [-0.05, 0) is 28.9 Å². The first-order chi connectivity index (χ1) is 10.0. The number of hydrogen-bond donors (Lipinski definition) is 1. The summed E-state index contributed by atoms with van der Waals surface area (Å²) < 4.78 is 6.05. The second kappa shape index (κ2) is 6.68. The average molecular weight is 374 g/mol. The van der Waals surface area contributed by atoms with Crippen LogP contribution in [0.5, 0.6) is 11.6 Å². The van der Waals surface area contributed by atoms with Crippen molar-refractivity contribution in [1.29, 1.82) is 0 Å². The number of anilines is 1. The van der Waals surface area contributed by atoms with Crippen LogP contribution < -0.4 is 10.1 Å². The molecule has 0 aliphatic carbocycles. The number of ether oxygens (including phenoxy) is 1. The fourth-order valence-electron chi connectivity index (χ4n) is 1.50. The molecule has 0 fully saturated rings. The summed E-state index contributed by atoms with van der Waals surface area (Å²) >= 11 is 9.30. The third-order valence-corrected chi connectivity index (χ3v) is 3.46. The van der Waals surface area contributed by atoms with E-state index in [2.05, 4.69) is 31.2 Å². The maximum absolute atomic E-state index is 10.8. The molecule has 0 saturated heterocycles. The molecule has 2 aromatic rings. The van der Waals surface area contributed by atoms with Gasteiger partial charge in [-0.2, -0.15) is 0 Å². The quantitative estimate of drug-likeness (QED) is 0.628. The number of non-ortho nitro benzene ring substituents is 1. The summed E-state index contributed by atoms with van der Waals surface area (Å²) in [6.45, 7) is 2.60. The molecule has 2 rings (SSSR count). The number of aromatic nitrogens is 2. The molecule has 0 unspecified atom stereocenters. The molecule has 1 aromatic carbocycles. The predicted molar refractivity (Wildman–Crippen MR) is 82.1 cm³/mol. The first kappa shape index (κ1) is 15.5. The highest BCUT2D eigenvalue weighted by molar-refractivity contribution is 9.10. The molecule has 0 aliphatic heterocycles. The van der Waals surface area contributed by atoms with Crippen molar-refractivity contribution in [2.24, 2.45) is 0 Å². The Balaban J connectivity index is 2.36. The standard InChI is InChI=1S/C12H10BrClN4O3/c1-2-15-11-10(13)12(17-6-16-11)21-9-5-7(18(19)20)3-4-8(9)14/h3-6H,2H2,1H3,(H,15,16,17). The minimum Gasteiger partial charge on any atom is -0.436 e. The van der Waals surface area contributed by atoms with Crippen LogP contribution in [0.1, 0.15) is 6.92 Å². The summed E-state index contributed by atoms with van der Waals surface area (Å²) in [7, 11) is 0. The first-order valence-electron chi connectivity index (χ1n) is 5.89. The Kier molecular flexibility index (Phi) is 4.92. The molecule has 0 bridgehead atoms. The van der Waals surface area contributed by atoms with Gasteiger partial charge in [0.1, 0.15) is 16.6 Å². The van der Waals surface area contributed by atoms with E-state index in [0.717, 1.165) is 0 Å². The van der Waals surface area contributed by atoms with Crippen LogP contribution >= 0.6 is 27.5 Å². The van der Waals surface area contributed by atoms with Gasteiger partial charge in [0.15, 0.2) is 5.75 Å². The van der Waals surface area contributed by atoms with E-state index < -0.39 is 4.92 Å². The van der Waals surface area contributed by atoms with Crippen molar-refractivity contribution in [3.8, 4) is 11.6 Å². The number of nitro benzene ring substituents is 1. The monoisotopic (exact) mass is 372 g/mol. The summed E-state index contributed by atoms with van der Waals surface area (Å²) in [6.07, 6.45) is 1.32. The van der Waals surface area contributed by atoms with Crippen molar-refractivity contribution in [2.45, 2.75) is 6.92 Å². The highest BCUT2D eigenvalue weighted by Gasteiger charge is 2.15. The molecular formula is C12H10BrClN4O3. The number of benzene rings is 1. The Labute approximate surface area is 133 Å². The van der Waals surface area contributed by atoms with Gasteiger partial charge in [-0.1, -0.05) is 11.6 Å². The molecule has 1 heterocycles. The molecule has 1 aromatic heterocycles. The van der Waals surface area contributed by atoms with E-state index in [1.165, 1.54) is 24.5 Å². The van der Waals surface area contributed by atoms with Gasteiger partial charge >= 0.3 is 0 Å². The van der Waals surface area contributed by atoms with Crippen LogP contribution in [0.2, 0.25) is 5.02 Å². The third kappa shape index (κ3) is 3.59. The van der Waals surface area contributed by atoms with E-state index in [9.17, 15) is 10.1 Å². The van der Waals surface area contributed by atoms with Crippen molar-refractivity contribution in [2.75, 3.05) is 11.9 Å². The largest absolute Gasteiger partial charge is 0.436 e. The maximum atomic E-state index is 10.8. The van der Waals surface area contributed by atoms with Crippen molar-refractivity contribution in [3.05, 3.63) is 44.1 Å². The normalized spacial score (nSPS) is 10.2. The van der Waals surface area contributed by atoms with Gasteiger partial charge in [0, 0.05) is 12.6 Å². The van der Waals surface area contributed by atoms with Gasteiger partial charge in [-0.15, -0.1) is 0 Å². The lowest BCUT2D eigenvalue weighted by Gasteiger charge is -2.10. The SMILES string of the molecule is CCNc1ncnc(Oc2cc([N+](=O)[O-])ccc2Cl)c1Br. The van der Waals surface area contributed by atoms with E-state index in [0.29, 0.717) is 16.8 Å². The molecule has 1 N–H and O–H groups in total. The lowest BCUT2D eigenvalue weighted by atomic mass is 10.3. The second-order valence-electron chi connectivity index (χ2n) is 3.85. The molecule has 0 amide bonds. The molecule has 7 nitrogen and oxygen atoms in total. The highest BCUT2D eigenvalue weighted by Crippen LogP contribution is 2.36. The Hall–Kier alpha value is -1.93. The van der Waals surface area contributed by atoms with Crippen LogP contribution in [0.4, 0.5) is 11.5 Å². The van der Waals surface area contributed by atoms with Crippen LogP contribution in [0.25, 0.3) is 0 Å². The van der Waals surface area contributed by atoms with Crippen molar-refractivity contribution < 1.29 is 9.66 Å². The van der Waals surface area contributed by atoms with E-state index in [1.807, 2.05) is 6.92 Å². The lowest BCUT2D eigenvalue weighted by molar-refractivity contribution is -0.384. The van der Waals surface area contributed by atoms with E-state index in [4.69, 9.17) is 16.3 Å². The van der Waals surface area contributed by atoms with Crippen molar-refractivity contribution in [3.63, 3.8) is 0 Å². The zero-order valence-corrected chi connectivity index (χ0v) is 13.2. The van der Waals surface area contributed by atoms with Crippen molar-refractivity contribution >= 4 is 39.0 Å². The summed E-state index contributed by atoms with van der Waals surface area (Å²) in [5, 5.41) is 14.1. The van der Waals surface area contributed by atoms with E-state index in [-0.39, 0.29) is 22.3 Å². The molecule has 0 saturated carbocycles. The maximum Gasteiger partial charge on any atom is 0.273 e. The Morgan fingerprint density at radius 3 is 2.90 bits per heavy atom. The summed E-state index contributed by atoms with van der Waals surface area (Å²) in [5.41, 5.74) is -0.119. The number of hydrogen-bond acceptors (Lipinski definition) is 6. The zero-order chi connectivity index (χ0) is 15.4. The van der Waals surface area contributed by atoms with Gasteiger partial charge in [-0.25, -0.2) is 9.97 Å². The van der Waals surface area contributed by atoms with Gasteiger partial charge in [0.2, 0.25) is 5.88 Å². The summed E-state index contributed by atoms with van der Waals surface area (Å²) in [6, 6.07) is 3.94. The lowest BCUT2D eigenvalue weighted by Crippen LogP contribution is -2.02. The average Bonchev–Trinajstić information content (AvgIpc) is 2.45. The van der Waals surface area contributed by atoms with Gasteiger partial charge in [0.05, 0.1) is 16.0 Å². The second-order valence-corrected chi connectivity index (χ2v) is 5.05. The summed E-state index contributed by atoms with van der Waals surface area (Å²) in [4.78, 5) is 18.3. The minimum absolute atomic E-state index is 0.119. The first-order valence-corrected chi connectivity index (χ1v) is 7.06. The smallest absolute Gasteiger partial charge is 0.273 e. The van der Waals surface area contributed by atoms with Crippen LogP contribution in [0, 0.1) is 10.1 Å². The number of nitrogens with zero attached hydrogens (tertiary/aromatic N) is 3. The Morgan fingerprint density at radius 1 is 1.48 bits per heavy atom. The molecule has 0 atom stereocenters. The molecule has 0 radical (unpaired) electrons. The topological polar surface area (TPSA) is 90.2 Å². The Morgan fingerprint density at radius 2 is 2.24 bits per heavy atom. The van der Waals surface area contributed by atoms with E-state index >= 15 is 0 Å². The minimum atomic E-state index is -0.526. The van der Waals surface area contributed by atoms with Gasteiger partial charge in [0.25, 0.3) is 5.69 Å². The molecule has 0 aliphatic rings. The van der Waals surface area contributed by atoms with Crippen LogP contribution in [0.3, 0.4) is 0 Å². The predicted octanol–water partition coefficient (Wildman–Crippen LogP) is 4.02. The third-order valence-electron chi connectivity index (χ3n) is 2.43. The van der Waals surface area contributed by atoms with Crippen LogP contribution in [0.15, 0.2) is 29.0 Å². The highest BCUT2D eigenvalue weighted by atomic mass is 79.9. The molecule has 110 valence electrons. The number of nitrogens with one attached hydrogen (secondary N) is 1. The number of nitro groups is 1. The van der Waals surface area contributed by atoms with Crippen molar-refractivity contribution in [1.82, 2.24) is 9.97 Å². The summed E-state index contributed by atoms with van der Waals surface area (Å²) in [5.74, 6) is 0.917. The van der Waals surface area contributed by atoms with E-state index in [1.54, 1.807) is 0 Å². The molecule has 9 heteroatoms.